The van der Waals surface area contributed by atoms with Gasteiger partial charge in [-0.3, -0.25) is 4.79 Å². The SMILES string of the molecule is C=C1CC(c2cc(NC(=O)c3ccccc3)ccc2F)c2c(cc(OC)c(OC)c2OC)N1. The van der Waals surface area contributed by atoms with E-state index in [2.05, 4.69) is 17.2 Å². The summed E-state index contributed by atoms with van der Waals surface area (Å²) in [5.74, 6) is 0.278. The lowest BCUT2D eigenvalue weighted by molar-refractivity contribution is 0.102. The monoisotopic (exact) mass is 448 g/mol. The number of rotatable bonds is 6. The van der Waals surface area contributed by atoms with Gasteiger partial charge in [-0.05, 0) is 42.3 Å². The summed E-state index contributed by atoms with van der Waals surface area (Å²) in [4.78, 5) is 12.6. The van der Waals surface area contributed by atoms with Crippen molar-refractivity contribution in [2.75, 3.05) is 32.0 Å². The van der Waals surface area contributed by atoms with Gasteiger partial charge in [0.05, 0.1) is 21.3 Å². The minimum atomic E-state index is -0.419. The average Bonchev–Trinajstić information content (AvgIpc) is 2.83. The number of carbonyl (C=O) groups is 1. The first-order valence-electron chi connectivity index (χ1n) is 10.4. The van der Waals surface area contributed by atoms with Crippen molar-refractivity contribution in [1.29, 1.82) is 0 Å². The maximum Gasteiger partial charge on any atom is 0.255 e. The van der Waals surface area contributed by atoms with Gasteiger partial charge in [0, 0.05) is 40.2 Å². The zero-order chi connectivity index (χ0) is 23.5. The van der Waals surface area contributed by atoms with Gasteiger partial charge in [-0.25, -0.2) is 4.39 Å². The third-order valence-electron chi connectivity index (χ3n) is 5.64. The van der Waals surface area contributed by atoms with Crippen LogP contribution in [0.2, 0.25) is 0 Å². The topological polar surface area (TPSA) is 68.8 Å². The molecule has 1 amide bonds. The first-order valence-corrected chi connectivity index (χ1v) is 10.4. The molecule has 1 aliphatic rings. The number of carbonyl (C=O) groups excluding carboxylic acids is 1. The largest absolute Gasteiger partial charge is 0.493 e. The number of hydrogen-bond acceptors (Lipinski definition) is 5. The van der Waals surface area contributed by atoms with E-state index in [1.165, 1.54) is 27.4 Å². The van der Waals surface area contributed by atoms with Crippen LogP contribution in [0.5, 0.6) is 17.2 Å². The van der Waals surface area contributed by atoms with E-state index >= 15 is 4.39 Å². The third kappa shape index (κ3) is 4.22. The number of methoxy groups -OCH3 is 3. The molecule has 3 aromatic rings. The smallest absolute Gasteiger partial charge is 0.255 e. The van der Waals surface area contributed by atoms with Crippen LogP contribution in [0.25, 0.3) is 0 Å². The second-order valence-electron chi connectivity index (χ2n) is 7.65. The Hall–Kier alpha value is -4.00. The van der Waals surface area contributed by atoms with Gasteiger partial charge in [0.15, 0.2) is 11.5 Å². The van der Waals surface area contributed by atoms with Gasteiger partial charge < -0.3 is 24.8 Å². The molecule has 0 fully saturated rings. The van der Waals surface area contributed by atoms with Crippen LogP contribution < -0.4 is 24.8 Å². The Morgan fingerprint density at radius 3 is 2.42 bits per heavy atom. The van der Waals surface area contributed by atoms with Crippen LogP contribution in [0.15, 0.2) is 66.9 Å². The molecule has 33 heavy (non-hydrogen) atoms. The second kappa shape index (κ2) is 9.24. The number of ether oxygens (including phenoxy) is 3. The zero-order valence-corrected chi connectivity index (χ0v) is 18.7. The lowest BCUT2D eigenvalue weighted by atomic mass is 9.82. The van der Waals surface area contributed by atoms with Gasteiger partial charge in [-0.1, -0.05) is 24.8 Å². The summed E-state index contributed by atoms with van der Waals surface area (Å²) < 4.78 is 31.8. The van der Waals surface area contributed by atoms with E-state index in [0.29, 0.717) is 46.2 Å². The van der Waals surface area contributed by atoms with Gasteiger partial charge in [0.2, 0.25) is 5.75 Å². The zero-order valence-electron chi connectivity index (χ0n) is 18.7. The molecule has 0 bridgehead atoms. The number of halogens is 1. The molecule has 2 N–H and O–H groups in total. The summed E-state index contributed by atoms with van der Waals surface area (Å²) in [5, 5.41) is 6.10. The Kier molecular flexibility index (Phi) is 6.22. The van der Waals surface area contributed by atoms with E-state index in [9.17, 15) is 4.79 Å². The number of allylic oxidation sites excluding steroid dienone is 1. The van der Waals surface area contributed by atoms with Crippen molar-refractivity contribution >= 4 is 17.3 Å². The predicted molar refractivity (Wildman–Crippen MR) is 126 cm³/mol. The number of nitrogens with one attached hydrogen (secondary N) is 2. The Morgan fingerprint density at radius 2 is 1.76 bits per heavy atom. The van der Waals surface area contributed by atoms with Gasteiger partial charge >= 0.3 is 0 Å². The fourth-order valence-electron chi connectivity index (χ4n) is 4.16. The Labute approximate surface area is 192 Å². The van der Waals surface area contributed by atoms with E-state index in [4.69, 9.17) is 14.2 Å². The van der Waals surface area contributed by atoms with E-state index in [1.54, 1.807) is 42.5 Å². The number of amides is 1. The van der Waals surface area contributed by atoms with Crippen molar-refractivity contribution in [3.05, 3.63) is 89.4 Å². The van der Waals surface area contributed by atoms with Gasteiger partial charge in [-0.15, -0.1) is 0 Å². The summed E-state index contributed by atoms with van der Waals surface area (Å²) in [5.41, 5.74) is 3.57. The molecule has 0 radical (unpaired) electrons. The van der Waals surface area contributed by atoms with E-state index in [-0.39, 0.29) is 5.91 Å². The standard InChI is InChI=1S/C26H25FN2O4/c1-15-12-19(23-21(28-15)14-22(31-2)24(32-3)25(23)33-4)18-13-17(10-11-20(18)27)29-26(30)16-8-6-5-7-9-16/h5-11,13-14,19,28H,1,12H2,2-4H3,(H,29,30). The molecule has 4 rings (SSSR count). The van der Waals surface area contributed by atoms with Gasteiger partial charge in [-0.2, -0.15) is 0 Å². The number of fused-ring (bicyclic) bond motifs is 1. The first-order chi connectivity index (χ1) is 16.0. The predicted octanol–water partition coefficient (Wildman–Crippen LogP) is 5.57. The van der Waals surface area contributed by atoms with Crippen molar-refractivity contribution in [3.8, 4) is 17.2 Å². The molecule has 0 saturated heterocycles. The molecule has 0 spiro atoms. The number of benzene rings is 3. The molecule has 0 aliphatic carbocycles. The molecule has 3 aromatic carbocycles. The Morgan fingerprint density at radius 1 is 1.03 bits per heavy atom. The van der Waals surface area contributed by atoms with Crippen molar-refractivity contribution in [1.82, 2.24) is 0 Å². The summed E-state index contributed by atoms with van der Waals surface area (Å²) in [6.45, 7) is 4.07. The van der Waals surface area contributed by atoms with Crippen molar-refractivity contribution in [2.24, 2.45) is 0 Å². The summed E-state index contributed by atoms with van der Waals surface area (Å²) in [6.07, 6.45) is 0.436. The van der Waals surface area contributed by atoms with Crippen LogP contribution in [0.3, 0.4) is 0 Å². The highest BCUT2D eigenvalue weighted by Gasteiger charge is 2.33. The Balaban J connectivity index is 1.79. The Bertz CT molecular complexity index is 1210. The minimum absolute atomic E-state index is 0.271. The van der Waals surface area contributed by atoms with Crippen LogP contribution in [-0.2, 0) is 0 Å². The van der Waals surface area contributed by atoms with Crippen LogP contribution in [0, 0.1) is 5.82 Å². The van der Waals surface area contributed by atoms with Gasteiger partial charge in [0.1, 0.15) is 5.82 Å². The molecular weight excluding hydrogens is 423 g/mol. The fraction of sp³-hybridized carbons (Fsp3) is 0.192. The van der Waals surface area contributed by atoms with Crippen LogP contribution >= 0.6 is 0 Å². The minimum Gasteiger partial charge on any atom is -0.493 e. The number of hydrogen-bond donors (Lipinski definition) is 2. The average molecular weight is 448 g/mol. The molecule has 0 aromatic heterocycles. The fourth-order valence-corrected chi connectivity index (χ4v) is 4.16. The normalized spacial score (nSPS) is 14.7. The highest BCUT2D eigenvalue weighted by Crippen LogP contribution is 2.52. The highest BCUT2D eigenvalue weighted by atomic mass is 19.1. The highest BCUT2D eigenvalue weighted by molar-refractivity contribution is 6.04. The van der Waals surface area contributed by atoms with E-state index < -0.39 is 11.7 Å². The molecule has 1 heterocycles. The molecule has 1 unspecified atom stereocenters. The van der Waals surface area contributed by atoms with Crippen LogP contribution in [-0.4, -0.2) is 27.2 Å². The molecule has 7 heteroatoms. The van der Waals surface area contributed by atoms with Crippen molar-refractivity contribution in [3.63, 3.8) is 0 Å². The van der Waals surface area contributed by atoms with Crippen LogP contribution in [0.4, 0.5) is 15.8 Å². The molecule has 6 nitrogen and oxygen atoms in total. The first kappa shape index (κ1) is 22.2. The lowest BCUT2D eigenvalue weighted by Gasteiger charge is -2.32. The summed E-state index contributed by atoms with van der Waals surface area (Å²) in [6, 6.07) is 15.2. The molecular formula is C26H25FN2O4. The maximum absolute atomic E-state index is 15.1. The van der Waals surface area contributed by atoms with Gasteiger partial charge in [0.25, 0.3) is 5.91 Å². The van der Waals surface area contributed by atoms with E-state index in [1.807, 2.05) is 6.07 Å². The van der Waals surface area contributed by atoms with Crippen molar-refractivity contribution < 1.29 is 23.4 Å². The van der Waals surface area contributed by atoms with Crippen molar-refractivity contribution in [2.45, 2.75) is 12.3 Å². The molecule has 1 atom stereocenters. The summed E-state index contributed by atoms with van der Waals surface area (Å²) >= 11 is 0. The maximum atomic E-state index is 15.1. The van der Waals surface area contributed by atoms with E-state index in [0.717, 1.165) is 11.3 Å². The molecule has 0 saturated carbocycles. The molecule has 1 aliphatic heterocycles. The summed E-state index contributed by atoms with van der Waals surface area (Å²) in [7, 11) is 4.60. The van der Waals surface area contributed by atoms with Crippen LogP contribution in [0.1, 0.15) is 33.8 Å². The second-order valence-corrected chi connectivity index (χ2v) is 7.65. The molecule has 170 valence electrons. The quantitative estimate of drug-likeness (QED) is 0.516. The number of anilines is 2. The lowest BCUT2D eigenvalue weighted by Crippen LogP contribution is -2.19. The third-order valence-corrected chi connectivity index (χ3v) is 5.64.